The van der Waals surface area contributed by atoms with Crippen molar-refractivity contribution in [3.8, 4) is 0 Å². The lowest BCUT2D eigenvalue weighted by Gasteiger charge is -2.19. The first kappa shape index (κ1) is 18.9. The van der Waals surface area contributed by atoms with Crippen LogP contribution >= 0.6 is 7.60 Å². The highest BCUT2D eigenvalue weighted by molar-refractivity contribution is 7.58. The monoisotopic (exact) mass is 340 g/mol. The van der Waals surface area contributed by atoms with Crippen molar-refractivity contribution in [1.82, 2.24) is 0 Å². The fourth-order valence-corrected chi connectivity index (χ4v) is 5.54. The van der Waals surface area contributed by atoms with Crippen LogP contribution in [0.5, 0.6) is 0 Å². The first-order chi connectivity index (χ1) is 10.3. The lowest BCUT2D eigenvalue weighted by molar-refractivity contribution is 0.284. The number of ether oxygens (including phenoxy) is 1. The normalized spacial score (nSPS) is 14.1. The molecule has 0 N–H and O–H groups in total. The molecule has 0 heterocycles. The van der Waals surface area contributed by atoms with Gasteiger partial charge in [-0.15, -0.1) is 0 Å². The van der Waals surface area contributed by atoms with Crippen LogP contribution in [0.1, 0.15) is 5.56 Å². The summed E-state index contributed by atoms with van der Waals surface area (Å²) in [7, 11) is -0.593. The van der Waals surface area contributed by atoms with E-state index in [2.05, 4.69) is 19.6 Å². The number of methoxy groups -OCH3 is 1. The Kier molecular flexibility index (Phi) is 6.82. The van der Waals surface area contributed by atoms with Crippen molar-refractivity contribution < 1.29 is 18.3 Å². The molecule has 0 spiro atoms. The predicted octanol–water partition coefficient (Wildman–Crippen LogP) is 4.92. The predicted molar refractivity (Wildman–Crippen MR) is 94.5 cm³/mol. The van der Waals surface area contributed by atoms with Crippen molar-refractivity contribution in [3.05, 3.63) is 53.0 Å². The van der Waals surface area contributed by atoms with Crippen LogP contribution in [-0.4, -0.2) is 29.4 Å². The zero-order valence-corrected chi connectivity index (χ0v) is 16.0. The van der Waals surface area contributed by atoms with Gasteiger partial charge < -0.3 is 13.8 Å². The van der Waals surface area contributed by atoms with Gasteiger partial charge >= 0.3 is 7.60 Å². The molecule has 0 fully saturated rings. The fraction of sp³-hybridized carbons (Fsp3) is 0.375. The summed E-state index contributed by atoms with van der Waals surface area (Å²) in [5, 5.41) is 0.539. The highest BCUT2D eigenvalue weighted by Crippen LogP contribution is 2.56. The van der Waals surface area contributed by atoms with Gasteiger partial charge in [-0.3, -0.25) is 4.57 Å². The number of benzene rings is 1. The Morgan fingerprint density at radius 3 is 2.00 bits per heavy atom. The minimum Gasteiger partial charge on any atom is -0.496 e. The number of rotatable bonds is 7. The second-order valence-corrected chi connectivity index (χ2v) is 13.1. The standard InChI is InChI=1S/C16H25O4PSi/c1-18-16(14-10-8-7-9-11-14)12-15(13-22(4,5)6)21(17,19-2)20-3/h7-13H,1-6H3/b15-13-,16-12-. The molecule has 0 radical (unpaired) electrons. The average molecular weight is 340 g/mol. The second kappa shape index (κ2) is 7.93. The molecule has 0 aliphatic heterocycles. The Balaban J connectivity index is 3.42. The van der Waals surface area contributed by atoms with E-state index in [0.29, 0.717) is 11.1 Å². The van der Waals surface area contributed by atoms with Crippen molar-refractivity contribution in [2.75, 3.05) is 21.3 Å². The van der Waals surface area contributed by atoms with E-state index in [1.807, 2.05) is 36.0 Å². The van der Waals surface area contributed by atoms with E-state index in [0.717, 1.165) is 5.56 Å². The maximum Gasteiger partial charge on any atom is 0.360 e. The van der Waals surface area contributed by atoms with Crippen molar-refractivity contribution in [2.24, 2.45) is 0 Å². The van der Waals surface area contributed by atoms with Crippen LogP contribution in [0.2, 0.25) is 19.6 Å². The molecule has 22 heavy (non-hydrogen) atoms. The van der Waals surface area contributed by atoms with Crippen LogP contribution in [-0.2, 0) is 18.3 Å². The van der Waals surface area contributed by atoms with E-state index in [-0.39, 0.29) is 0 Å². The molecule has 122 valence electrons. The zero-order chi connectivity index (χ0) is 16.8. The van der Waals surface area contributed by atoms with Gasteiger partial charge in [-0.2, -0.15) is 0 Å². The van der Waals surface area contributed by atoms with Crippen molar-refractivity contribution in [2.45, 2.75) is 19.6 Å². The molecule has 0 saturated carbocycles. The third kappa shape index (κ3) is 5.25. The maximum absolute atomic E-state index is 12.8. The smallest absolute Gasteiger partial charge is 0.360 e. The van der Waals surface area contributed by atoms with Gasteiger partial charge in [-0.25, -0.2) is 0 Å². The molecule has 0 aromatic heterocycles. The largest absolute Gasteiger partial charge is 0.496 e. The minimum atomic E-state index is -3.34. The highest BCUT2D eigenvalue weighted by atomic mass is 31.2. The molecule has 1 aromatic rings. The average Bonchev–Trinajstić information content (AvgIpc) is 2.50. The zero-order valence-electron chi connectivity index (χ0n) is 14.1. The summed E-state index contributed by atoms with van der Waals surface area (Å²) in [6.45, 7) is 6.47. The maximum atomic E-state index is 12.8. The van der Waals surface area contributed by atoms with Gasteiger partial charge in [0.05, 0.1) is 20.5 Å². The van der Waals surface area contributed by atoms with E-state index < -0.39 is 15.7 Å². The van der Waals surface area contributed by atoms with Crippen molar-refractivity contribution >= 4 is 21.4 Å². The lowest BCUT2D eigenvalue weighted by atomic mass is 10.2. The fourth-order valence-electron chi connectivity index (χ4n) is 1.93. The Morgan fingerprint density at radius 2 is 1.59 bits per heavy atom. The van der Waals surface area contributed by atoms with Crippen molar-refractivity contribution in [1.29, 1.82) is 0 Å². The van der Waals surface area contributed by atoms with Crippen LogP contribution in [0.25, 0.3) is 5.76 Å². The number of hydrogen-bond donors (Lipinski definition) is 0. The summed E-state index contributed by atoms with van der Waals surface area (Å²) >= 11 is 0. The van der Waals surface area contributed by atoms with Crippen LogP contribution in [0, 0.1) is 0 Å². The molecular formula is C16H25O4PSi. The Labute approximate surface area is 134 Å². The van der Waals surface area contributed by atoms with E-state index in [4.69, 9.17) is 13.8 Å². The quantitative estimate of drug-likeness (QED) is 0.306. The molecule has 0 aliphatic rings. The molecule has 1 aromatic carbocycles. The first-order valence-electron chi connectivity index (χ1n) is 7.02. The number of allylic oxidation sites excluding steroid dienone is 2. The molecule has 0 unspecified atom stereocenters. The van der Waals surface area contributed by atoms with Crippen LogP contribution in [0.4, 0.5) is 0 Å². The molecule has 0 amide bonds. The van der Waals surface area contributed by atoms with Gasteiger partial charge in [0.2, 0.25) is 0 Å². The molecule has 4 nitrogen and oxygen atoms in total. The van der Waals surface area contributed by atoms with Crippen LogP contribution in [0.3, 0.4) is 0 Å². The van der Waals surface area contributed by atoms with E-state index in [9.17, 15) is 4.57 Å². The summed E-state index contributed by atoms with van der Waals surface area (Å²) in [6.07, 6.45) is 1.75. The van der Waals surface area contributed by atoms with E-state index in [1.165, 1.54) is 14.2 Å². The molecule has 0 saturated heterocycles. The summed E-state index contributed by atoms with van der Waals surface area (Å²) < 4.78 is 28.6. The number of hydrogen-bond acceptors (Lipinski definition) is 4. The molecule has 6 heteroatoms. The summed E-state index contributed by atoms with van der Waals surface area (Å²) in [6, 6.07) is 9.66. The molecule has 1 rings (SSSR count). The molecular weight excluding hydrogens is 315 g/mol. The lowest BCUT2D eigenvalue weighted by Crippen LogP contribution is -2.17. The van der Waals surface area contributed by atoms with Crippen LogP contribution in [0.15, 0.2) is 47.4 Å². The summed E-state index contributed by atoms with van der Waals surface area (Å²) in [5.74, 6) is 0.624. The topological polar surface area (TPSA) is 44.8 Å². The second-order valence-electron chi connectivity index (χ2n) is 5.88. The SMILES string of the molecule is CO/C(=C\C(=C\[Si](C)(C)C)P(=O)(OC)OC)c1ccccc1. The van der Waals surface area contributed by atoms with Gasteiger partial charge in [0.1, 0.15) is 5.76 Å². The summed E-state index contributed by atoms with van der Waals surface area (Å²) in [4.78, 5) is 0. The Bertz CT molecular complexity index is 580. The van der Waals surface area contributed by atoms with E-state index >= 15 is 0 Å². The molecule has 0 atom stereocenters. The summed E-state index contributed by atoms with van der Waals surface area (Å²) in [5.41, 5.74) is 2.92. The van der Waals surface area contributed by atoms with Gasteiger partial charge in [-0.05, 0) is 6.08 Å². The third-order valence-electron chi connectivity index (χ3n) is 2.94. The van der Waals surface area contributed by atoms with Gasteiger partial charge in [0, 0.05) is 19.8 Å². The van der Waals surface area contributed by atoms with Gasteiger partial charge in [0.15, 0.2) is 0 Å². The van der Waals surface area contributed by atoms with Gasteiger partial charge in [-0.1, -0.05) is 55.7 Å². The first-order valence-corrected chi connectivity index (χ1v) is 12.1. The molecule has 0 aliphatic carbocycles. The highest BCUT2D eigenvalue weighted by Gasteiger charge is 2.29. The molecule has 0 bridgehead atoms. The van der Waals surface area contributed by atoms with E-state index in [1.54, 1.807) is 13.2 Å². The van der Waals surface area contributed by atoms with Crippen LogP contribution < -0.4 is 0 Å². The van der Waals surface area contributed by atoms with Crippen molar-refractivity contribution in [3.63, 3.8) is 0 Å². The minimum absolute atomic E-state index is 0.539. The Morgan fingerprint density at radius 1 is 1.05 bits per heavy atom. The third-order valence-corrected chi connectivity index (χ3v) is 6.21. The Hall–Kier alpha value is -1.13. The van der Waals surface area contributed by atoms with Gasteiger partial charge in [0.25, 0.3) is 0 Å².